The first-order chi connectivity index (χ1) is 6.15. The molecule has 0 aliphatic heterocycles. The number of aromatic nitrogens is 1. The lowest BCUT2D eigenvalue weighted by Gasteiger charge is -2.09. The molecule has 0 amide bonds. The first-order valence-electron chi connectivity index (χ1n) is 4.39. The number of rotatable bonds is 4. The zero-order valence-corrected chi connectivity index (χ0v) is 8.90. The molecule has 1 N–H and O–H groups in total. The Hall–Kier alpha value is -0.670. The van der Waals surface area contributed by atoms with Crippen molar-refractivity contribution in [2.75, 3.05) is 0 Å². The molecule has 0 fully saturated rings. The number of aryl methyl sites for hydroxylation is 1. The van der Waals surface area contributed by atoms with Crippen LogP contribution in [0.1, 0.15) is 36.4 Å². The molecule has 0 radical (unpaired) electrons. The van der Waals surface area contributed by atoms with Crippen LogP contribution in [0, 0.1) is 6.92 Å². The molecule has 0 bridgehead atoms. The van der Waals surface area contributed by atoms with Gasteiger partial charge < -0.3 is 5.11 Å². The SMILES string of the molecule is C=C(CC)CC(O)c1scnc1C. The molecule has 2 nitrogen and oxygen atoms in total. The summed E-state index contributed by atoms with van der Waals surface area (Å²) in [4.78, 5) is 5.07. The molecule has 13 heavy (non-hydrogen) atoms. The van der Waals surface area contributed by atoms with E-state index in [1.165, 1.54) is 11.3 Å². The van der Waals surface area contributed by atoms with Crippen LogP contribution in [0.3, 0.4) is 0 Å². The molecular formula is C10H15NOS. The van der Waals surface area contributed by atoms with Gasteiger partial charge in [-0.1, -0.05) is 19.1 Å². The van der Waals surface area contributed by atoms with Crippen LogP contribution < -0.4 is 0 Å². The third-order valence-electron chi connectivity index (χ3n) is 2.07. The normalized spacial score (nSPS) is 12.8. The number of thiazole rings is 1. The zero-order chi connectivity index (χ0) is 9.84. The molecule has 1 rings (SSSR count). The maximum Gasteiger partial charge on any atom is 0.0937 e. The lowest BCUT2D eigenvalue weighted by molar-refractivity contribution is 0.180. The summed E-state index contributed by atoms with van der Waals surface area (Å²) in [5.74, 6) is 0. The van der Waals surface area contributed by atoms with E-state index in [1.54, 1.807) is 5.51 Å². The van der Waals surface area contributed by atoms with Crippen molar-refractivity contribution in [2.24, 2.45) is 0 Å². The topological polar surface area (TPSA) is 33.1 Å². The summed E-state index contributed by atoms with van der Waals surface area (Å²) < 4.78 is 0. The van der Waals surface area contributed by atoms with Crippen LogP contribution in [-0.2, 0) is 0 Å². The highest BCUT2D eigenvalue weighted by atomic mass is 32.1. The minimum atomic E-state index is -0.417. The van der Waals surface area contributed by atoms with Crippen LogP contribution in [0.15, 0.2) is 17.7 Å². The molecule has 1 atom stereocenters. The molecule has 0 aliphatic rings. The van der Waals surface area contributed by atoms with E-state index >= 15 is 0 Å². The molecule has 0 saturated carbocycles. The summed E-state index contributed by atoms with van der Waals surface area (Å²) in [6, 6.07) is 0. The maximum absolute atomic E-state index is 9.80. The fraction of sp³-hybridized carbons (Fsp3) is 0.500. The van der Waals surface area contributed by atoms with Crippen molar-refractivity contribution in [3.05, 3.63) is 28.2 Å². The highest BCUT2D eigenvalue weighted by molar-refractivity contribution is 7.09. The molecule has 1 aromatic heterocycles. The standard InChI is InChI=1S/C10H15NOS/c1-4-7(2)5-9(12)10-8(3)11-6-13-10/h6,9,12H,2,4-5H2,1,3H3. The molecular weight excluding hydrogens is 182 g/mol. The number of nitrogens with zero attached hydrogens (tertiary/aromatic N) is 1. The number of hydrogen-bond donors (Lipinski definition) is 1. The van der Waals surface area contributed by atoms with Gasteiger partial charge in [-0.05, 0) is 19.8 Å². The zero-order valence-electron chi connectivity index (χ0n) is 8.08. The smallest absolute Gasteiger partial charge is 0.0937 e. The van der Waals surface area contributed by atoms with Gasteiger partial charge in [-0.15, -0.1) is 11.3 Å². The summed E-state index contributed by atoms with van der Waals surface area (Å²) in [6.07, 6.45) is 1.16. The van der Waals surface area contributed by atoms with Gasteiger partial charge in [-0.2, -0.15) is 0 Å². The van der Waals surface area contributed by atoms with E-state index in [2.05, 4.69) is 18.5 Å². The van der Waals surface area contributed by atoms with Crippen molar-refractivity contribution >= 4 is 11.3 Å². The molecule has 0 saturated heterocycles. The van der Waals surface area contributed by atoms with Gasteiger partial charge in [0.2, 0.25) is 0 Å². The minimum absolute atomic E-state index is 0.417. The summed E-state index contributed by atoms with van der Waals surface area (Å²) in [6.45, 7) is 7.85. The summed E-state index contributed by atoms with van der Waals surface area (Å²) >= 11 is 1.51. The molecule has 0 aromatic carbocycles. The van der Waals surface area contributed by atoms with E-state index in [-0.39, 0.29) is 0 Å². The van der Waals surface area contributed by atoms with Crippen LogP contribution >= 0.6 is 11.3 Å². The Morgan fingerprint density at radius 3 is 2.92 bits per heavy atom. The highest BCUT2D eigenvalue weighted by Gasteiger charge is 2.13. The van der Waals surface area contributed by atoms with Crippen LogP contribution in [0.5, 0.6) is 0 Å². The van der Waals surface area contributed by atoms with E-state index in [0.717, 1.165) is 22.6 Å². The van der Waals surface area contributed by atoms with Gasteiger partial charge >= 0.3 is 0 Å². The quantitative estimate of drug-likeness (QED) is 0.753. The molecule has 0 aliphatic carbocycles. The van der Waals surface area contributed by atoms with Crippen molar-refractivity contribution in [2.45, 2.75) is 32.8 Å². The Labute approximate surface area is 83.0 Å². The van der Waals surface area contributed by atoms with Crippen LogP contribution in [-0.4, -0.2) is 10.1 Å². The van der Waals surface area contributed by atoms with Crippen molar-refractivity contribution in [3.8, 4) is 0 Å². The summed E-state index contributed by atoms with van der Waals surface area (Å²) in [5, 5.41) is 9.80. The van der Waals surface area contributed by atoms with Gasteiger partial charge in [0.25, 0.3) is 0 Å². The van der Waals surface area contributed by atoms with Gasteiger partial charge in [0.05, 0.1) is 22.2 Å². The van der Waals surface area contributed by atoms with Crippen LogP contribution in [0.4, 0.5) is 0 Å². The first-order valence-corrected chi connectivity index (χ1v) is 5.27. The van der Waals surface area contributed by atoms with E-state index in [4.69, 9.17) is 0 Å². The molecule has 3 heteroatoms. The molecule has 0 spiro atoms. The first kappa shape index (κ1) is 10.4. The number of aliphatic hydroxyl groups excluding tert-OH is 1. The maximum atomic E-state index is 9.80. The van der Waals surface area contributed by atoms with Crippen molar-refractivity contribution in [1.29, 1.82) is 0 Å². The second-order valence-corrected chi connectivity index (χ2v) is 4.01. The predicted octanol–water partition coefficient (Wildman–Crippen LogP) is 2.84. The molecule has 1 heterocycles. The fourth-order valence-electron chi connectivity index (χ4n) is 1.14. The monoisotopic (exact) mass is 197 g/mol. The Bertz CT molecular complexity index is 293. The summed E-state index contributed by atoms with van der Waals surface area (Å²) in [5.41, 5.74) is 3.78. The van der Waals surface area contributed by atoms with Crippen molar-refractivity contribution < 1.29 is 5.11 Å². The fourth-order valence-corrected chi connectivity index (χ4v) is 1.93. The Balaban J connectivity index is 2.63. The van der Waals surface area contributed by atoms with Gasteiger partial charge in [0.15, 0.2) is 0 Å². The lowest BCUT2D eigenvalue weighted by Crippen LogP contribution is -1.98. The number of aliphatic hydroxyl groups is 1. The second-order valence-electron chi connectivity index (χ2n) is 3.13. The average Bonchev–Trinajstić information content (AvgIpc) is 2.51. The van der Waals surface area contributed by atoms with Gasteiger partial charge in [-0.3, -0.25) is 0 Å². The summed E-state index contributed by atoms with van der Waals surface area (Å²) in [7, 11) is 0. The molecule has 1 aromatic rings. The third-order valence-corrected chi connectivity index (χ3v) is 3.10. The van der Waals surface area contributed by atoms with Gasteiger partial charge in [-0.25, -0.2) is 4.98 Å². The predicted molar refractivity (Wildman–Crippen MR) is 55.9 cm³/mol. The van der Waals surface area contributed by atoms with E-state index in [0.29, 0.717) is 6.42 Å². The largest absolute Gasteiger partial charge is 0.387 e. The Kier molecular flexibility index (Phi) is 3.63. The van der Waals surface area contributed by atoms with Crippen molar-refractivity contribution in [1.82, 2.24) is 4.98 Å². The van der Waals surface area contributed by atoms with Gasteiger partial charge in [0.1, 0.15) is 0 Å². The highest BCUT2D eigenvalue weighted by Crippen LogP contribution is 2.26. The van der Waals surface area contributed by atoms with E-state index < -0.39 is 6.10 Å². The third kappa shape index (κ3) is 2.64. The number of hydrogen-bond acceptors (Lipinski definition) is 3. The van der Waals surface area contributed by atoms with Crippen LogP contribution in [0.2, 0.25) is 0 Å². The van der Waals surface area contributed by atoms with Gasteiger partial charge in [0, 0.05) is 0 Å². The van der Waals surface area contributed by atoms with E-state index in [1.807, 2.05) is 6.92 Å². The second kappa shape index (κ2) is 4.53. The van der Waals surface area contributed by atoms with Crippen LogP contribution in [0.25, 0.3) is 0 Å². The Morgan fingerprint density at radius 2 is 2.46 bits per heavy atom. The average molecular weight is 197 g/mol. The van der Waals surface area contributed by atoms with E-state index in [9.17, 15) is 5.11 Å². The lowest BCUT2D eigenvalue weighted by atomic mass is 10.1. The molecule has 72 valence electrons. The molecule has 1 unspecified atom stereocenters. The minimum Gasteiger partial charge on any atom is -0.387 e. The Morgan fingerprint density at radius 1 is 1.77 bits per heavy atom. The van der Waals surface area contributed by atoms with Crippen molar-refractivity contribution in [3.63, 3.8) is 0 Å².